The Morgan fingerprint density at radius 2 is 2.00 bits per heavy atom. The topological polar surface area (TPSA) is 100 Å². The van der Waals surface area contributed by atoms with Gasteiger partial charge in [0.15, 0.2) is 0 Å². The third-order valence-electron chi connectivity index (χ3n) is 5.70. The van der Waals surface area contributed by atoms with Gasteiger partial charge in [0.2, 0.25) is 0 Å². The minimum atomic E-state index is -0.667. The quantitative estimate of drug-likeness (QED) is 0.728. The molecule has 1 aromatic carbocycles. The van der Waals surface area contributed by atoms with E-state index in [1.165, 1.54) is 14.2 Å². The number of carbonyl (C=O) groups excluding carboxylic acids is 2. The number of anilines is 1. The van der Waals surface area contributed by atoms with Gasteiger partial charge in [0.25, 0.3) is 0 Å². The monoisotopic (exact) mass is 371 g/mol. The summed E-state index contributed by atoms with van der Waals surface area (Å²) in [6.45, 7) is -0.118. The van der Waals surface area contributed by atoms with E-state index in [2.05, 4.69) is 10.3 Å². The number of para-hydroxylation sites is 1. The fourth-order valence-electron chi connectivity index (χ4n) is 4.66. The van der Waals surface area contributed by atoms with E-state index in [4.69, 9.17) is 9.47 Å². The maximum absolute atomic E-state index is 12.7. The molecule has 0 radical (unpaired) electrons. The number of benzene rings is 1. The highest BCUT2D eigenvalue weighted by atomic mass is 16.5. The highest BCUT2D eigenvalue weighted by Crippen LogP contribution is 2.54. The van der Waals surface area contributed by atoms with Crippen molar-refractivity contribution in [1.29, 1.82) is 0 Å². The molecule has 3 aliphatic rings. The van der Waals surface area contributed by atoms with E-state index < -0.39 is 23.4 Å². The number of likely N-dealkylation sites (N-methyl/N-ethyl adjacent to an activating group) is 1. The molecule has 27 heavy (non-hydrogen) atoms. The first-order valence-corrected chi connectivity index (χ1v) is 8.68. The molecule has 2 N–H and O–H groups in total. The fourth-order valence-corrected chi connectivity index (χ4v) is 4.66. The van der Waals surface area contributed by atoms with E-state index in [-0.39, 0.29) is 23.9 Å². The first-order valence-electron chi connectivity index (χ1n) is 8.68. The van der Waals surface area contributed by atoms with Gasteiger partial charge in [0, 0.05) is 12.7 Å². The van der Waals surface area contributed by atoms with Crippen molar-refractivity contribution in [2.75, 3.05) is 32.8 Å². The maximum atomic E-state index is 12.7. The summed E-state index contributed by atoms with van der Waals surface area (Å²) in [6, 6.07) is 7.01. The molecule has 0 fully saturated rings. The highest BCUT2D eigenvalue weighted by Gasteiger charge is 2.62. The molecule has 0 saturated heterocycles. The van der Waals surface area contributed by atoms with Crippen LogP contribution in [0.2, 0.25) is 0 Å². The summed E-state index contributed by atoms with van der Waals surface area (Å²) in [5, 5.41) is 12.8. The van der Waals surface area contributed by atoms with Crippen LogP contribution in [0.1, 0.15) is 12.0 Å². The van der Waals surface area contributed by atoms with Gasteiger partial charge >= 0.3 is 11.9 Å². The third-order valence-corrected chi connectivity index (χ3v) is 5.70. The normalized spacial score (nSPS) is 28.0. The molecule has 0 saturated carbocycles. The Morgan fingerprint density at radius 3 is 2.67 bits per heavy atom. The van der Waals surface area contributed by atoms with Crippen LogP contribution in [-0.4, -0.2) is 62.8 Å². The second-order valence-electron chi connectivity index (χ2n) is 6.92. The Kier molecular flexibility index (Phi) is 3.96. The summed E-state index contributed by atoms with van der Waals surface area (Å²) in [7, 11) is 4.42. The number of aliphatic hydroxyl groups excluding tert-OH is 1. The number of fused-ring (bicyclic) bond motifs is 1. The van der Waals surface area contributed by atoms with Gasteiger partial charge in [-0.15, -0.1) is 0 Å². The molecule has 2 unspecified atom stereocenters. The van der Waals surface area contributed by atoms with Crippen molar-refractivity contribution < 1.29 is 24.2 Å². The number of hydrogen-bond acceptors (Lipinski definition) is 8. The number of aliphatic hydroxyl groups is 1. The lowest BCUT2D eigenvalue weighted by Gasteiger charge is -2.41. The number of nitrogens with zero attached hydrogens (tertiary/aromatic N) is 2. The average Bonchev–Trinajstić information content (AvgIpc) is 3.20. The first kappa shape index (κ1) is 17.5. The van der Waals surface area contributed by atoms with E-state index in [1.54, 1.807) is 0 Å². The molecule has 1 aromatic rings. The zero-order valence-electron chi connectivity index (χ0n) is 15.4. The third kappa shape index (κ3) is 2.16. The van der Waals surface area contributed by atoms with E-state index in [0.717, 1.165) is 11.3 Å². The number of esters is 2. The minimum absolute atomic E-state index is 0.0296. The largest absolute Gasteiger partial charge is 0.466 e. The molecule has 4 rings (SSSR count). The van der Waals surface area contributed by atoms with Gasteiger partial charge in [-0.2, -0.15) is 0 Å². The lowest BCUT2D eigenvalue weighted by atomic mass is 9.68. The lowest BCUT2D eigenvalue weighted by Crippen LogP contribution is -2.59. The lowest BCUT2D eigenvalue weighted by molar-refractivity contribution is -0.140. The summed E-state index contributed by atoms with van der Waals surface area (Å²) in [5.74, 6) is -0.696. The van der Waals surface area contributed by atoms with Crippen molar-refractivity contribution in [3.63, 3.8) is 0 Å². The molecule has 1 spiro atoms. The van der Waals surface area contributed by atoms with Crippen molar-refractivity contribution in [2.24, 2.45) is 4.99 Å². The van der Waals surface area contributed by atoms with Gasteiger partial charge in [-0.05, 0) is 18.1 Å². The van der Waals surface area contributed by atoms with Gasteiger partial charge in [-0.1, -0.05) is 18.2 Å². The molecule has 0 bridgehead atoms. The highest BCUT2D eigenvalue weighted by molar-refractivity contribution is 6.13. The molecule has 0 amide bonds. The smallest absolute Gasteiger partial charge is 0.355 e. The molecule has 3 aliphatic heterocycles. The van der Waals surface area contributed by atoms with Gasteiger partial charge in [-0.3, -0.25) is 4.99 Å². The number of ether oxygens (including phenoxy) is 2. The van der Waals surface area contributed by atoms with E-state index in [0.29, 0.717) is 12.3 Å². The SMILES string of the molecule is COC(=O)C1=C(C(=O)OC)C2N(C)c3ccccc3[C@@]23CC(CO)N=C3N1. The first-order chi connectivity index (χ1) is 13.0. The van der Waals surface area contributed by atoms with Crippen molar-refractivity contribution in [2.45, 2.75) is 23.9 Å². The number of nitrogens with one attached hydrogen (secondary N) is 1. The number of methoxy groups -OCH3 is 2. The molecule has 3 atom stereocenters. The second-order valence-corrected chi connectivity index (χ2v) is 6.92. The molecule has 0 aromatic heterocycles. The van der Waals surface area contributed by atoms with Crippen LogP contribution in [0.25, 0.3) is 0 Å². The molecule has 3 heterocycles. The standard InChI is InChI=1S/C19H21N3O5/c1-22-12-7-5-4-6-11(12)19-8-10(9-23)20-18(19)21-14(17(25)27-3)13(15(19)22)16(24)26-2/h4-7,10,15,23H,8-9H2,1-3H3,(H,20,21)/t10?,15?,19-/m0/s1. The molecular formula is C19H21N3O5. The Hall–Kier alpha value is -2.87. The van der Waals surface area contributed by atoms with Crippen LogP contribution < -0.4 is 10.2 Å². The molecule has 8 heteroatoms. The predicted octanol–water partition coefficient (Wildman–Crippen LogP) is 0.109. The summed E-state index contributed by atoms with van der Waals surface area (Å²) in [4.78, 5) is 31.7. The Bertz CT molecular complexity index is 893. The van der Waals surface area contributed by atoms with E-state index in [9.17, 15) is 14.7 Å². The van der Waals surface area contributed by atoms with Crippen molar-refractivity contribution >= 4 is 23.5 Å². The van der Waals surface area contributed by atoms with E-state index >= 15 is 0 Å². The predicted molar refractivity (Wildman–Crippen MR) is 97.4 cm³/mol. The number of amidine groups is 1. The summed E-state index contributed by atoms with van der Waals surface area (Å²) < 4.78 is 9.89. The van der Waals surface area contributed by atoms with Crippen LogP contribution in [0, 0.1) is 0 Å². The van der Waals surface area contributed by atoms with Crippen LogP contribution in [0.15, 0.2) is 40.5 Å². The van der Waals surface area contributed by atoms with Crippen LogP contribution in [0.5, 0.6) is 0 Å². The average molecular weight is 371 g/mol. The summed E-state index contributed by atoms with van der Waals surface area (Å²) >= 11 is 0. The van der Waals surface area contributed by atoms with Crippen LogP contribution >= 0.6 is 0 Å². The van der Waals surface area contributed by atoms with Crippen molar-refractivity contribution in [3.8, 4) is 0 Å². The Balaban J connectivity index is 2.01. The van der Waals surface area contributed by atoms with Gasteiger partial charge in [0.1, 0.15) is 11.5 Å². The zero-order chi connectivity index (χ0) is 19.3. The Labute approximate surface area is 156 Å². The Morgan fingerprint density at radius 1 is 1.30 bits per heavy atom. The van der Waals surface area contributed by atoms with Crippen molar-refractivity contribution in [3.05, 3.63) is 41.1 Å². The number of rotatable bonds is 3. The number of aliphatic imine (C=N–C) groups is 1. The second kappa shape index (κ2) is 6.09. The zero-order valence-corrected chi connectivity index (χ0v) is 15.4. The van der Waals surface area contributed by atoms with Gasteiger partial charge < -0.3 is 24.8 Å². The molecule has 8 nitrogen and oxygen atoms in total. The van der Waals surface area contributed by atoms with Gasteiger partial charge in [-0.25, -0.2) is 9.59 Å². The minimum Gasteiger partial charge on any atom is -0.466 e. The summed E-state index contributed by atoms with van der Waals surface area (Å²) in [5.41, 5.74) is 1.52. The maximum Gasteiger partial charge on any atom is 0.355 e. The van der Waals surface area contributed by atoms with E-state index in [1.807, 2.05) is 36.2 Å². The van der Waals surface area contributed by atoms with Crippen LogP contribution in [0.3, 0.4) is 0 Å². The van der Waals surface area contributed by atoms with Crippen molar-refractivity contribution in [1.82, 2.24) is 5.32 Å². The molecular weight excluding hydrogens is 350 g/mol. The molecule has 0 aliphatic carbocycles. The fraction of sp³-hybridized carbons (Fsp3) is 0.421. The number of hydrogen-bond donors (Lipinski definition) is 2. The van der Waals surface area contributed by atoms with Crippen LogP contribution in [0.4, 0.5) is 5.69 Å². The van der Waals surface area contributed by atoms with Crippen LogP contribution in [-0.2, 0) is 24.5 Å². The summed E-state index contributed by atoms with van der Waals surface area (Å²) in [6.07, 6.45) is 0.521. The molecule has 142 valence electrons. The van der Waals surface area contributed by atoms with Gasteiger partial charge in [0.05, 0.1) is 43.9 Å². The number of carbonyl (C=O) groups is 2.